The number of benzene rings is 1. The van der Waals surface area contributed by atoms with Crippen LogP contribution in [0.4, 0.5) is 0 Å². The van der Waals surface area contributed by atoms with Gasteiger partial charge in [-0.3, -0.25) is 14.5 Å². The zero-order valence-electron chi connectivity index (χ0n) is 15.4. The number of aliphatic imine (C=N–C) groups is 1. The zero-order valence-corrected chi connectivity index (χ0v) is 17.0. The molecule has 3 aliphatic rings. The van der Waals surface area contributed by atoms with Gasteiger partial charge in [0.2, 0.25) is 5.91 Å². The maximum absolute atomic E-state index is 12.9. The fourth-order valence-corrected chi connectivity index (χ4v) is 5.54. The molecule has 0 aliphatic carbocycles. The van der Waals surface area contributed by atoms with Crippen LogP contribution in [0.25, 0.3) is 0 Å². The summed E-state index contributed by atoms with van der Waals surface area (Å²) in [7, 11) is -1.75. The largest absolute Gasteiger partial charge is 0.341 e. The fraction of sp³-hybridized carbons (Fsp3) is 0.556. The number of hydrogen-bond donors (Lipinski definition) is 2. The molecule has 2 saturated heterocycles. The lowest BCUT2D eigenvalue weighted by Gasteiger charge is -2.36. The minimum atomic E-state index is -3.59. The van der Waals surface area contributed by atoms with Gasteiger partial charge in [-0.1, -0.05) is 12.1 Å². The predicted molar refractivity (Wildman–Crippen MR) is 106 cm³/mol. The average molecular weight is 413 g/mol. The number of piperidine rings is 1. The van der Waals surface area contributed by atoms with Gasteiger partial charge >= 0.3 is 0 Å². The van der Waals surface area contributed by atoms with Gasteiger partial charge in [0.25, 0.3) is 10.0 Å². The Balaban J connectivity index is 0.00000210. The number of nitrogens with one attached hydrogen (secondary N) is 2. The Morgan fingerprint density at radius 3 is 2.52 bits per heavy atom. The second-order valence-corrected chi connectivity index (χ2v) is 9.12. The summed E-state index contributed by atoms with van der Waals surface area (Å²) in [6.45, 7) is 1.72. The summed E-state index contributed by atoms with van der Waals surface area (Å²) in [6, 6.07) is 7.27. The number of rotatable bonds is 3. The van der Waals surface area contributed by atoms with Crippen LogP contribution in [-0.4, -0.2) is 56.3 Å². The van der Waals surface area contributed by atoms with Crippen molar-refractivity contribution in [2.45, 2.75) is 61.7 Å². The number of nitrogens with zero attached hydrogens (tertiary/aromatic N) is 2. The molecule has 3 heterocycles. The number of carbonyl (C=O) groups is 1. The lowest BCUT2D eigenvalue weighted by atomic mass is 9.98. The van der Waals surface area contributed by atoms with E-state index in [1.807, 2.05) is 7.05 Å². The van der Waals surface area contributed by atoms with Gasteiger partial charge in [-0.05, 0) is 44.7 Å². The number of amides is 1. The van der Waals surface area contributed by atoms with Crippen LogP contribution in [0.2, 0.25) is 0 Å². The van der Waals surface area contributed by atoms with Gasteiger partial charge in [-0.2, -0.15) is 0 Å². The van der Waals surface area contributed by atoms with Crippen LogP contribution in [0.3, 0.4) is 0 Å². The molecule has 0 saturated carbocycles. The molecule has 1 aromatic carbocycles. The van der Waals surface area contributed by atoms with Crippen molar-refractivity contribution in [3.8, 4) is 0 Å². The fourth-order valence-electron chi connectivity index (χ4n) is 4.30. The van der Waals surface area contributed by atoms with E-state index >= 15 is 0 Å². The Kier molecular flexibility index (Phi) is 5.52. The molecule has 4 rings (SSSR count). The minimum absolute atomic E-state index is 0. The number of carbonyl (C=O) groups excluding carboxylic acids is 1. The SMILES string of the molecule is CC(N=C1NS(=O)(=O)c2ccccc21)C(=O)N(C)C1CC2CCC(C1)N2.Cl. The van der Waals surface area contributed by atoms with Gasteiger partial charge in [0.1, 0.15) is 11.9 Å². The van der Waals surface area contributed by atoms with E-state index in [1.165, 1.54) is 12.8 Å². The number of amidine groups is 1. The standard InChI is InChI=1S/C18H24N4O3S.ClH/c1-11(18(23)22(2)14-9-12-7-8-13(10-14)20-12)19-17-15-5-3-4-6-16(15)26(24,25)21-17;/h3-6,11-14,20H,7-10H2,1-2H3,(H,19,21);1H. The highest BCUT2D eigenvalue weighted by Gasteiger charge is 2.37. The Hall–Kier alpha value is -1.64. The van der Waals surface area contributed by atoms with E-state index in [2.05, 4.69) is 15.0 Å². The van der Waals surface area contributed by atoms with Gasteiger partial charge in [-0.15, -0.1) is 12.4 Å². The molecule has 1 amide bonds. The van der Waals surface area contributed by atoms with Crippen molar-refractivity contribution in [3.05, 3.63) is 29.8 Å². The van der Waals surface area contributed by atoms with E-state index in [4.69, 9.17) is 0 Å². The van der Waals surface area contributed by atoms with Gasteiger partial charge in [-0.25, -0.2) is 8.42 Å². The van der Waals surface area contributed by atoms with E-state index in [0.29, 0.717) is 17.6 Å². The molecule has 2 fully saturated rings. The van der Waals surface area contributed by atoms with E-state index in [0.717, 1.165) is 12.8 Å². The highest BCUT2D eigenvalue weighted by atomic mass is 35.5. The van der Waals surface area contributed by atoms with Crippen LogP contribution in [0, 0.1) is 0 Å². The minimum Gasteiger partial charge on any atom is -0.341 e. The second-order valence-electron chi connectivity index (χ2n) is 7.47. The number of fused-ring (bicyclic) bond motifs is 3. The van der Waals surface area contributed by atoms with Crippen LogP contribution in [0.1, 0.15) is 38.2 Å². The molecule has 7 nitrogen and oxygen atoms in total. The molecule has 27 heavy (non-hydrogen) atoms. The van der Waals surface area contributed by atoms with E-state index in [-0.39, 0.29) is 35.1 Å². The molecule has 2 N–H and O–H groups in total. The van der Waals surface area contributed by atoms with Gasteiger partial charge in [0.15, 0.2) is 0 Å². The lowest BCUT2D eigenvalue weighted by molar-refractivity contribution is -0.133. The Labute approximate surface area is 166 Å². The predicted octanol–water partition coefficient (Wildman–Crippen LogP) is 1.28. The smallest absolute Gasteiger partial charge is 0.263 e. The van der Waals surface area contributed by atoms with Crippen LogP contribution in [0.5, 0.6) is 0 Å². The first-order valence-electron chi connectivity index (χ1n) is 9.08. The first-order chi connectivity index (χ1) is 12.3. The van der Waals surface area contributed by atoms with Gasteiger partial charge in [0.05, 0.1) is 4.90 Å². The topological polar surface area (TPSA) is 90.9 Å². The van der Waals surface area contributed by atoms with Gasteiger partial charge in [0, 0.05) is 30.7 Å². The first kappa shape index (κ1) is 20.1. The summed E-state index contributed by atoms with van der Waals surface area (Å²) >= 11 is 0. The summed E-state index contributed by atoms with van der Waals surface area (Å²) in [5, 5.41) is 3.58. The van der Waals surface area contributed by atoms with Crippen LogP contribution < -0.4 is 10.0 Å². The molecule has 9 heteroatoms. The van der Waals surface area contributed by atoms with Crippen LogP contribution in [0.15, 0.2) is 34.2 Å². The molecule has 0 radical (unpaired) electrons. The van der Waals surface area contributed by atoms with Crippen molar-refractivity contribution < 1.29 is 13.2 Å². The molecule has 1 aromatic rings. The monoisotopic (exact) mass is 412 g/mol. The van der Waals surface area contributed by atoms with Crippen molar-refractivity contribution in [2.75, 3.05) is 7.05 Å². The summed E-state index contributed by atoms with van der Waals surface area (Å²) in [6.07, 6.45) is 4.30. The normalized spacial score (nSPS) is 30.1. The lowest BCUT2D eigenvalue weighted by Crippen LogP contribution is -2.50. The molecule has 3 aliphatic heterocycles. The number of halogens is 1. The van der Waals surface area contributed by atoms with E-state index in [9.17, 15) is 13.2 Å². The van der Waals surface area contributed by atoms with Crippen LogP contribution >= 0.6 is 12.4 Å². The molecule has 2 bridgehead atoms. The van der Waals surface area contributed by atoms with Gasteiger partial charge < -0.3 is 10.2 Å². The summed E-state index contributed by atoms with van der Waals surface area (Å²) in [5.74, 6) is 0.174. The highest BCUT2D eigenvalue weighted by molar-refractivity contribution is 7.90. The maximum atomic E-state index is 12.9. The quantitative estimate of drug-likeness (QED) is 0.782. The van der Waals surface area contributed by atoms with Crippen molar-refractivity contribution in [1.82, 2.24) is 14.9 Å². The molecule has 3 unspecified atom stereocenters. The second kappa shape index (κ2) is 7.41. The van der Waals surface area contributed by atoms with E-state index in [1.54, 1.807) is 36.1 Å². The van der Waals surface area contributed by atoms with Crippen LogP contribution in [-0.2, 0) is 14.8 Å². The number of likely N-dealkylation sites (N-methyl/N-ethyl adjacent to an activating group) is 1. The van der Waals surface area contributed by atoms with Crippen molar-refractivity contribution in [2.24, 2.45) is 4.99 Å². The molecule has 0 spiro atoms. The Morgan fingerprint density at radius 2 is 1.85 bits per heavy atom. The Bertz CT molecular complexity index is 861. The maximum Gasteiger partial charge on any atom is 0.263 e. The zero-order chi connectivity index (χ0) is 18.5. The molecule has 0 aromatic heterocycles. The molecule has 148 valence electrons. The third-order valence-electron chi connectivity index (χ3n) is 5.69. The number of hydrogen-bond acceptors (Lipinski definition) is 5. The van der Waals surface area contributed by atoms with Crippen molar-refractivity contribution >= 4 is 34.2 Å². The van der Waals surface area contributed by atoms with Crippen molar-refractivity contribution in [3.63, 3.8) is 0 Å². The number of sulfonamides is 1. The highest BCUT2D eigenvalue weighted by Crippen LogP contribution is 2.30. The molecular weight excluding hydrogens is 388 g/mol. The first-order valence-corrected chi connectivity index (χ1v) is 10.6. The average Bonchev–Trinajstić information content (AvgIpc) is 3.09. The Morgan fingerprint density at radius 1 is 1.22 bits per heavy atom. The van der Waals surface area contributed by atoms with E-state index < -0.39 is 16.1 Å². The molecular formula is C18H25ClN4O3S. The van der Waals surface area contributed by atoms with Crippen molar-refractivity contribution in [1.29, 1.82) is 0 Å². The summed E-state index contributed by atoms with van der Waals surface area (Å²) < 4.78 is 26.8. The molecule has 3 atom stereocenters. The summed E-state index contributed by atoms with van der Waals surface area (Å²) in [4.78, 5) is 19.3. The summed E-state index contributed by atoms with van der Waals surface area (Å²) in [5.41, 5.74) is 0.523. The third kappa shape index (κ3) is 3.70. The third-order valence-corrected chi connectivity index (χ3v) is 7.08.